The Morgan fingerprint density at radius 1 is 1.12 bits per heavy atom. The molecule has 0 bridgehead atoms. The van der Waals surface area contributed by atoms with E-state index in [1.54, 1.807) is 48.5 Å². The molecule has 3 aromatic rings. The molecule has 26 heavy (non-hydrogen) atoms. The summed E-state index contributed by atoms with van der Waals surface area (Å²) in [6, 6.07) is 13.3. The molecule has 0 unspecified atom stereocenters. The van der Waals surface area contributed by atoms with E-state index in [1.165, 1.54) is 0 Å². The number of hydrogen-bond donors (Lipinski definition) is 1. The highest BCUT2D eigenvalue weighted by atomic mass is 35.5. The van der Waals surface area contributed by atoms with E-state index in [1.807, 2.05) is 6.92 Å². The van der Waals surface area contributed by atoms with E-state index in [9.17, 15) is 9.59 Å². The van der Waals surface area contributed by atoms with Crippen LogP contribution in [0, 0.1) is 0 Å². The number of unbranched alkanes of at least 4 members (excludes halogenated alkanes) is 1. The highest BCUT2D eigenvalue weighted by molar-refractivity contribution is 6.31. The van der Waals surface area contributed by atoms with E-state index in [-0.39, 0.29) is 17.6 Å². The van der Waals surface area contributed by atoms with Gasteiger partial charge in [0, 0.05) is 16.1 Å². The van der Waals surface area contributed by atoms with Gasteiger partial charge in [0.15, 0.2) is 5.76 Å². The Kier molecular flexibility index (Phi) is 5.58. The number of amides is 1. The maximum absolute atomic E-state index is 12.3. The molecule has 1 aromatic heterocycles. The van der Waals surface area contributed by atoms with Crippen LogP contribution in [0.2, 0.25) is 5.02 Å². The first kappa shape index (κ1) is 18.0. The first-order chi connectivity index (χ1) is 12.6. The quantitative estimate of drug-likeness (QED) is 0.472. The number of benzene rings is 2. The molecule has 0 aliphatic rings. The molecule has 1 N–H and O–H groups in total. The van der Waals surface area contributed by atoms with E-state index in [0.717, 1.165) is 18.2 Å². The molecule has 3 rings (SSSR count). The van der Waals surface area contributed by atoms with Crippen molar-refractivity contribution >= 4 is 40.1 Å². The van der Waals surface area contributed by atoms with Crippen LogP contribution < -0.4 is 5.32 Å². The van der Waals surface area contributed by atoms with Crippen molar-refractivity contribution in [3.05, 3.63) is 64.9 Å². The van der Waals surface area contributed by atoms with Gasteiger partial charge in [-0.05, 0) is 55.0 Å². The van der Waals surface area contributed by atoms with Gasteiger partial charge in [-0.25, -0.2) is 4.79 Å². The fraction of sp³-hybridized carbons (Fsp3) is 0.200. The number of furan rings is 1. The fourth-order valence-electron chi connectivity index (χ4n) is 2.40. The number of carbonyl (C=O) groups excluding carboxylic acids is 2. The van der Waals surface area contributed by atoms with Crippen LogP contribution in [0.1, 0.15) is 40.7 Å². The smallest absolute Gasteiger partial charge is 0.338 e. The van der Waals surface area contributed by atoms with Gasteiger partial charge in [-0.3, -0.25) is 4.79 Å². The number of halogens is 1. The molecule has 0 aliphatic carbocycles. The van der Waals surface area contributed by atoms with Gasteiger partial charge in [0.25, 0.3) is 5.91 Å². The third-order valence-corrected chi connectivity index (χ3v) is 4.05. The summed E-state index contributed by atoms with van der Waals surface area (Å²) in [6.45, 7) is 2.44. The second-order valence-electron chi connectivity index (χ2n) is 5.81. The van der Waals surface area contributed by atoms with Gasteiger partial charge in [-0.2, -0.15) is 0 Å². The zero-order valence-corrected chi connectivity index (χ0v) is 15.0. The van der Waals surface area contributed by atoms with Crippen LogP contribution >= 0.6 is 11.6 Å². The largest absolute Gasteiger partial charge is 0.462 e. The number of carbonyl (C=O) groups is 2. The number of anilines is 1. The Morgan fingerprint density at radius 2 is 1.88 bits per heavy atom. The second-order valence-corrected chi connectivity index (χ2v) is 6.25. The third kappa shape index (κ3) is 4.24. The SMILES string of the molecule is CCCCOC(=O)c1ccc(NC(=O)c2cc3cc(Cl)ccc3o2)cc1. The van der Waals surface area contributed by atoms with Crippen molar-refractivity contribution in [2.24, 2.45) is 0 Å². The summed E-state index contributed by atoms with van der Waals surface area (Å²) in [6.07, 6.45) is 1.80. The summed E-state index contributed by atoms with van der Waals surface area (Å²) in [5, 5.41) is 4.07. The monoisotopic (exact) mass is 371 g/mol. The van der Waals surface area contributed by atoms with E-state index in [2.05, 4.69) is 5.32 Å². The predicted molar refractivity (Wildman–Crippen MR) is 101 cm³/mol. The maximum Gasteiger partial charge on any atom is 0.338 e. The average molecular weight is 372 g/mol. The van der Waals surface area contributed by atoms with Crippen molar-refractivity contribution in [1.82, 2.24) is 0 Å². The average Bonchev–Trinajstić information content (AvgIpc) is 3.05. The van der Waals surface area contributed by atoms with Crippen LogP contribution in [0.4, 0.5) is 5.69 Å². The molecule has 0 saturated heterocycles. The topological polar surface area (TPSA) is 68.5 Å². The molecule has 0 aliphatic heterocycles. The Bertz CT molecular complexity index is 931. The van der Waals surface area contributed by atoms with E-state index >= 15 is 0 Å². The summed E-state index contributed by atoms with van der Waals surface area (Å²) in [5.41, 5.74) is 1.58. The van der Waals surface area contributed by atoms with Gasteiger partial charge in [-0.1, -0.05) is 24.9 Å². The van der Waals surface area contributed by atoms with Crippen LogP contribution in [0.5, 0.6) is 0 Å². The highest BCUT2D eigenvalue weighted by Crippen LogP contribution is 2.23. The minimum Gasteiger partial charge on any atom is -0.462 e. The molecule has 6 heteroatoms. The number of hydrogen-bond acceptors (Lipinski definition) is 4. The van der Waals surface area contributed by atoms with E-state index < -0.39 is 0 Å². The lowest BCUT2D eigenvalue weighted by Gasteiger charge is -2.06. The molecular weight excluding hydrogens is 354 g/mol. The Labute approximate surface area is 155 Å². The lowest BCUT2D eigenvalue weighted by atomic mass is 10.2. The van der Waals surface area contributed by atoms with Crippen LogP contribution in [0.15, 0.2) is 52.9 Å². The van der Waals surface area contributed by atoms with Crippen molar-refractivity contribution in [1.29, 1.82) is 0 Å². The second kappa shape index (κ2) is 8.06. The molecule has 0 fully saturated rings. The first-order valence-corrected chi connectivity index (χ1v) is 8.72. The Morgan fingerprint density at radius 3 is 2.62 bits per heavy atom. The standard InChI is InChI=1S/C20H18ClNO4/c1-2-3-10-25-20(24)13-4-7-16(8-5-13)22-19(23)18-12-14-11-15(21)6-9-17(14)26-18/h4-9,11-12H,2-3,10H2,1H3,(H,22,23). The first-order valence-electron chi connectivity index (χ1n) is 8.34. The number of esters is 1. The number of fused-ring (bicyclic) bond motifs is 1. The molecule has 0 atom stereocenters. The van der Waals surface area contributed by atoms with Crippen LogP contribution in [0.25, 0.3) is 11.0 Å². The maximum atomic E-state index is 12.3. The lowest BCUT2D eigenvalue weighted by Crippen LogP contribution is -2.11. The zero-order valence-electron chi connectivity index (χ0n) is 14.3. The minimum absolute atomic E-state index is 0.185. The van der Waals surface area contributed by atoms with Gasteiger partial charge in [0.2, 0.25) is 0 Å². The highest BCUT2D eigenvalue weighted by Gasteiger charge is 2.13. The summed E-state index contributed by atoms with van der Waals surface area (Å²) < 4.78 is 10.7. The van der Waals surface area contributed by atoms with Crippen molar-refractivity contribution in [2.45, 2.75) is 19.8 Å². The van der Waals surface area contributed by atoms with Crippen LogP contribution in [0.3, 0.4) is 0 Å². The Hall–Kier alpha value is -2.79. The van der Waals surface area contributed by atoms with Gasteiger partial charge >= 0.3 is 5.97 Å². The van der Waals surface area contributed by atoms with Crippen LogP contribution in [-0.2, 0) is 4.74 Å². The molecule has 2 aromatic carbocycles. The van der Waals surface area contributed by atoms with E-state index in [4.69, 9.17) is 20.8 Å². The van der Waals surface area contributed by atoms with Gasteiger partial charge in [0.05, 0.1) is 12.2 Å². The molecule has 0 radical (unpaired) electrons. The number of ether oxygens (including phenoxy) is 1. The van der Waals surface area contributed by atoms with Gasteiger partial charge < -0.3 is 14.5 Å². The van der Waals surface area contributed by atoms with Crippen molar-refractivity contribution in [3.8, 4) is 0 Å². The summed E-state index contributed by atoms with van der Waals surface area (Å²) in [7, 11) is 0. The molecule has 134 valence electrons. The number of rotatable bonds is 6. The minimum atomic E-state index is -0.379. The van der Waals surface area contributed by atoms with Crippen molar-refractivity contribution in [2.75, 3.05) is 11.9 Å². The zero-order chi connectivity index (χ0) is 18.5. The predicted octanol–water partition coefficient (Wildman–Crippen LogP) is 5.30. The summed E-state index contributed by atoms with van der Waals surface area (Å²) >= 11 is 5.94. The molecule has 0 saturated carbocycles. The normalized spacial score (nSPS) is 10.7. The summed E-state index contributed by atoms with van der Waals surface area (Å²) in [5.74, 6) is -0.564. The van der Waals surface area contributed by atoms with Crippen molar-refractivity contribution < 1.29 is 18.7 Å². The lowest BCUT2D eigenvalue weighted by molar-refractivity contribution is 0.0499. The summed E-state index contributed by atoms with van der Waals surface area (Å²) in [4.78, 5) is 24.2. The van der Waals surface area contributed by atoms with Crippen LogP contribution in [-0.4, -0.2) is 18.5 Å². The molecule has 1 amide bonds. The Balaban J connectivity index is 1.66. The fourth-order valence-corrected chi connectivity index (χ4v) is 2.58. The van der Waals surface area contributed by atoms with Gasteiger partial charge in [-0.15, -0.1) is 0 Å². The molecule has 5 nitrogen and oxygen atoms in total. The van der Waals surface area contributed by atoms with Gasteiger partial charge in [0.1, 0.15) is 5.58 Å². The third-order valence-electron chi connectivity index (χ3n) is 3.81. The van der Waals surface area contributed by atoms with Crippen molar-refractivity contribution in [3.63, 3.8) is 0 Å². The van der Waals surface area contributed by atoms with E-state index in [0.29, 0.717) is 28.5 Å². The molecular formula is C20H18ClNO4. The molecule has 0 spiro atoms. The molecule has 1 heterocycles. The number of nitrogens with one attached hydrogen (secondary N) is 1.